The van der Waals surface area contributed by atoms with Gasteiger partial charge in [0.2, 0.25) is 0 Å². The Hall–Kier alpha value is -0.910. The molecule has 0 aliphatic heterocycles. The second-order valence-corrected chi connectivity index (χ2v) is 4.44. The molecule has 1 N–H and O–H groups in total. The lowest BCUT2D eigenvalue weighted by Crippen LogP contribution is -2.19. The maximum atomic E-state index is 5.40. The predicted molar refractivity (Wildman–Crippen MR) is 71.6 cm³/mol. The normalized spacial score (nSPS) is 12.8. The predicted octanol–water partition coefficient (Wildman–Crippen LogP) is 1.51. The van der Waals surface area contributed by atoms with Crippen LogP contribution in [-0.2, 0) is 16.5 Å². The molecule has 0 aliphatic rings. The van der Waals surface area contributed by atoms with Crippen molar-refractivity contribution < 1.29 is 9.47 Å². The lowest BCUT2D eigenvalue weighted by Gasteiger charge is -2.11. The Balaban J connectivity index is 1.97. The van der Waals surface area contributed by atoms with Crippen LogP contribution in [0, 0.1) is 0 Å². The zero-order chi connectivity index (χ0) is 13.2. The Bertz CT molecular complexity index is 315. The van der Waals surface area contributed by atoms with Crippen LogP contribution in [0.5, 0.6) is 0 Å². The summed E-state index contributed by atoms with van der Waals surface area (Å²) in [6.07, 6.45) is 6.16. The van der Waals surface area contributed by atoms with Crippen LogP contribution in [-0.4, -0.2) is 43.3 Å². The number of ether oxygens (including phenoxy) is 2. The van der Waals surface area contributed by atoms with Crippen LogP contribution in [0.25, 0.3) is 0 Å². The number of aryl methyl sites for hydroxylation is 1. The number of unbranched alkanes of at least 4 members (excludes halogenated alkanes) is 1. The Kier molecular flexibility index (Phi) is 7.64. The molecule has 0 saturated heterocycles. The standard InChI is InChI=1S/C13H25N3O2/c1-12(13-10-15-16(2)11-13)14-6-4-5-7-18-9-8-17-3/h10-12,14H,4-9H2,1-3H3. The highest BCUT2D eigenvalue weighted by Gasteiger charge is 2.05. The van der Waals surface area contributed by atoms with E-state index in [0.717, 1.165) is 26.0 Å². The van der Waals surface area contributed by atoms with E-state index in [2.05, 4.69) is 17.3 Å². The zero-order valence-corrected chi connectivity index (χ0v) is 11.7. The highest BCUT2D eigenvalue weighted by Crippen LogP contribution is 2.09. The zero-order valence-electron chi connectivity index (χ0n) is 11.7. The van der Waals surface area contributed by atoms with Crippen LogP contribution in [0.1, 0.15) is 31.4 Å². The van der Waals surface area contributed by atoms with Crippen molar-refractivity contribution in [3.63, 3.8) is 0 Å². The van der Waals surface area contributed by atoms with Gasteiger partial charge in [0.15, 0.2) is 0 Å². The molecule has 0 amide bonds. The van der Waals surface area contributed by atoms with E-state index in [0.29, 0.717) is 19.3 Å². The van der Waals surface area contributed by atoms with Gasteiger partial charge in [-0.2, -0.15) is 5.10 Å². The van der Waals surface area contributed by atoms with Gasteiger partial charge in [-0.1, -0.05) is 0 Å². The van der Waals surface area contributed by atoms with Crippen LogP contribution >= 0.6 is 0 Å². The molecule has 18 heavy (non-hydrogen) atoms. The topological polar surface area (TPSA) is 48.3 Å². The fraction of sp³-hybridized carbons (Fsp3) is 0.769. The van der Waals surface area contributed by atoms with Crippen molar-refractivity contribution in [2.45, 2.75) is 25.8 Å². The fourth-order valence-electron chi connectivity index (χ4n) is 1.67. The minimum atomic E-state index is 0.355. The maximum absolute atomic E-state index is 5.40. The Morgan fingerprint density at radius 2 is 2.17 bits per heavy atom. The molecule has 1 unspecified atom stereocenters. The summed E-state index contributed by atoms with van der Waals surface area (Å²) in [6, 6.07) is 0.355. The molecular formula is C13H25N3O2. The van der Waals surface area contributed by atoms with Gasteiger partial charge in [-0.05, 0) is 26.3 Å². The largest absolute Gasteiger partial charge is 0.382 e. The van der Waals surface area contributed by atoms with Gasteiger partial charge in [0.05, 0.1) is 19.4 Å². The van der Waals surface area contributed by atoms with Gasteiger partial charge in [-0.15, -0.1) is 0 Å². The van der Waals surface area contributed by atoms with Crippen molar-refractivity contribution in [2.75, 3.05) is 33.5 Å². The van der Waals surface area contributed by atoms with Crippen LogP contribution in [0.3, 0.4) is 0 Å². The number of nitrogens with one attached hydrogen (secondary N) is 1. The van der Waals surface area contributed by atoms with E-state index in [1.165, 1.54) is 5.56 Å². The molecule has 0 aromatic carbocycles. The molecule has 1 atom stereocenters. The van der Waals surface area contributed by atoms with Gasteiger partial charge in [0, 0.05) is 38.6 Å². The molecule has 1 rings (SSSR count). The van der Waals surface area contributed by atoms with Gasteiger partial charge >= 0.3 is 0 Å². The average molecular weight is 255 g/mol. The summed E-state index contributed by atoms with van der Waals surface area (Å²) in [5, 5.41) is 7.65. The summed E-state index contributed by atoms with van der Waals surface area (Å²) in [6.45, 7) is 5.34. The molecule has 0 aliphatic carbocycles. The first kappa shape index (κ1) is 15.1. The van der Waals surface area contributed by atoms with Crippen molar-refractivity contribution in [2.24, 2.45) is 7.05 Å². The average Bonchev–Trinajstić information content (AvgIpc) is 2.79. The van der Waals surface area contributed by atoms with E-state index in [9.17, 15) is 0 Å². The molecule has 5 nitrogen and oxygen atoms in total. The van der Waals surface area contributed by atoms with E-state index in [1.807, 2.05) is 24.1 Å². The first-order valence-corrected chi connectivity index (χ1v) is 6.52. The van der Waals surface area contributed by atoms with Crippen LogP contribution in [0.15, 0.2) is 12.4 Å². The van der Waals surface area contributed by atoms with Crippen molar-refractivity contribution >= 4 is 0 Å². The van der Waals surface area contributed by atoms with Gasteiger partial charge in [-0.25, -0.2) is 0 Å². The van der Waals surface area contributed by atoms with Gasteiger partial charge < -0.3 is 14.8 Å². The molecule has 5 heteroatoms. The van der Waals surface area contributed by atoms with Crippen molar-refractivity contribution in [1.82, 2.24) is 15.1 Å². The highest BCUT2D eigenvalue weighted by molar-refractivity contribution is 5.08. The van der Waals surface area contributed by atoms with Crippen LogP contribution < -0.4 is 5.32 Å². The lowest BCUT2D eigenvalue weighted by molar-refractivity contribution is 0.0687. The molecule has 1 aromatic rings. The number of methoxy groups -OCH3 is 1. The SMILES string of the molecule is COCCOCCCCNC(C)c1cnn(C)c1. The molecule has 0 bridgehead atoms. The Labute approximate surface area is 109 Å². The number of hydrogen-bond acceptors (Lipinski definition) is 4. The van der Waals surface area contributed by atoms with Crippen molar-refractivity contribution in [3.8, 4) is 0 Å². The van der Waals surface area contributed by atoms with E-state index in [-0.39, 0.29) is 0 Å². The third-order valence-electron chi connectivity index (χ3n) is 2.82. The summed E-state index contributed by atoms with van der Waals surface area (Å²) < 4.78 is 12.1. The van der Waals surface area contributed by atoms with E-state index in [4.69, 9.17) is 9.47 Å². The monoisotopic (exact) mass is 255 g/mol. The second kappa shape index (κ2) is 9.08. The van der Waals surface area contributed by atoms with E-state index >= 15 is 0 Å². The van der Waals surface area contributed by atoms with Gasteiger partial charge in [-0.3, -0.25) is 4.68 Å². The second-order valence-electron chi connectivity index (χ2n) is 4.44. The molecule has 1 heterocycles. The number of aromatic nitrogens is 2. The quantitative estimate of drug-likeness (QED) is 0.644. The molecule has 0 fully saturated rings. The summed E-state index contributed by atoms with van der Waals surface area (Å²) in [4.78, 5) is 0. The summed E-state index contributed by atoms with van der Waals surface area (Å²) in [5.41, 5.74) is 1.23. The smallest absolute Gasteiger partial charge is 0.0700 e. The van der Waals surface area contributed by atoms with E-state index in [1.54, 1.807) is 7.11 Å². The summed E-state index contributed by atoms with van der Waals surface area (Å²) >= 11 is 0. The first-order valence-electron chi connectivity index (χ1n) is 6.52. The molecule has 1 aromatic heterocycles. The number of rotatable bonds is 10. The van der Waals surface area contributed by atoms with Gasteiger partial charge in [0.25, 0.3) is 0 Å². The summed E-state index contributed by atoms with van der Waals surface area (Å²) in [5.74, 6) is 0. The van der Waals surface area contributed by atoms with Crippen LogP contribution in [0.4, 0.5) is 0 Å². The molecule has 0 radical (unpaired) electrons. The Morgan fingerprint density at radius 3 is 2.83 bits per heavy atom. The minimum absolute atomic E-state index is 0.355. The lowest BCUT2D eigenvalue weighted by atomic mass is 10.2. The highest BCUT2D eigenvalue weighted by atomic mass is 16.5. The first-order chi connectivity index (χ1) is 8.74. The number of nitrogens with zero attached hydrogens (tertiary/aromatic N) is 2. The summed E-state index contributed by atoms with van der Waals surface area (Å²) in [7, 11) is 3.63. The van der Waals surface area contributed by atoms with Crippen molar-refractivity contribution in [3.05, 3.63) is 18.0 Å². The molecule has 104 valence electrons. The minimum Gasteiger partial charge on any atom is -0.382 e. The number of hydrogen-bond donors (Lipinski definition) is 1. The van der Waals surface area contributed by atoms with Crippen LogP contribution in [0.2, 0.25) is 0 Å². The van der Waals surface area contributed by atoms with Crippen molar-refractivity contribution in [1.29, 1.82) is 0 Å². The third kappa shape index (κ3) is 6.14. The fourth-order valence-corrected chi connectivity index (χ4v) is 1.67. The Morgan fingerprint density at radius 1 is 1.33 bits per heavy atom. The maximum Gasteiger partial charge on any atom is 0.0700 e. The van der Waals surface area contributed by atoms with Gasteiger partial charge in [0.1, 0.15) is 0 Å². The van der Waals surface area contributed by atoms with E-state index < -0.39 is 0 Å². The molecular weight excluding hydrogens is 230 g/mol. The molecule has 0 spiro atoms. The molecule has 0 saturated carbocycles. The third-order valence-corrected chi connectivity index (χ3v) is 2.82.